The van der Waals surface area contributed by atoms with Crippen LogP contribution in [0.1, 0.15) is 66.2 Å². The van der Waals surface area contributed by atoms with Crippen LogP contribution in [0.25, 0.3) is 0 Å². The number of likely N-dealkylation sites (tertiary alicyclic amines) is 1. The van der Waals surface area contributed by atoms with Crippen LogP contribution in [0, 0.1) is 5.92 Å². The van der Waals surface area contributed by atoms with Crippen molar-refractivity contribution >= 4 is 0 Å². The highest BCUT2D eigenvalue weighted by Crippen LogP contribution is 2.16. The van der Waals surface area contributed by atoms with Gasteiger partial charge in [0.15, 0.2) is 0 Å². The first-order valence-electron chi connectivity index (χ1n) is 7.09. The molecule has 1 aliphatic rings. The van der Waals surface area contributed by atoms with Crippen molar-refractivity contribution < 1.29 is 0 Å². The Morgan fingerprint density at radius 1 is 1.00 bits per heavy atom. The largest absolute Gasteiger partial charge is 0.303 e. The molecule has 1 atom stereocenters. The summed E-state index contributed by atoms with van der Waals surface area (Å²) in [5.41, 5.74) is 0. The van der Waals surface area contributed by atoms with Gasteiger partial charge in [0.1, 0.15) is 0 Å². The fraction of sp³-hybridized carbons (Fsp3) is 1.00. The molecule has 1 heteroatoms. The molecule has 1 saturated heterocycles. The highest BCUT2D eigenvalue weighted by Gasteiger charge is 2.14. The minimum atomic E-state index is 0.961. The van der Waals surface area contributed by atoms with E-state index in [-0.39, 0.29) is 0 Å². The lowest BCUT2D eigenvalue weighted by Gasteiger charge is -2.30. The van der Waals surface area contributed by atoms with Gasteiger partial charge in [-0.1, -0.05) is 47.0 Å². The van der Waals surface area contributed by atoms with Crippen molar-refractivity contribution in [3.05, 3.63) is 0 Å². The van der Waals surface area contributed by atoms with Gasteiger partial charge in [-0.25, -0.2) is 0 Å². The SMILES string of the molecule is CC.CCCC(CC)CN1CCCCC1. The molecule has 1 heterocycles. The van der Waals surface area contributed by atoms with Gasteiger partial charge in [0.2, 0.25) is 0 Å². The summed E-state index contributed by atoms with van der Waals surface area (Å²) in [5, 5.41) is 0. The zero-order valence-electron chi connectivity index (χ0n) is 11.4. The second kappa shape index (κ2) is 10.5. The Bertz CT molecular complexity index is 114. The molecule has 0 saturated carbocycles. The molecule has 0 radical (unpaired) electrons. The normalized spacial score (nSPS) is 19.2. The standard InChI is InChI=1S/C12H25N.C2H6/c1-3-8-12(4-2)11-13-9-6-5-7-10-13;1-2/h12H,3-11H2,1-2H3;1-2H3. The molecule has 1 unspecified atom stereocenters. The van der Waals surface area contributed by atoms with E-state index >= 15 is 0 Å². The Morgan fingerprint density at radius 2 is 1.60 bits per heavy atom. The van der Waals surface area contributed by atoms with Gasteiger partial charge in [0, 0.05) is 6.54 Å². The summed E-state index contributed by atoms with van der Waals surface area (Å²) in [6.07, 6.45) is 8.47. The highest BCUT2D eigenvalue weighted by molar-refractivity contribution is 4.68. The van der Waals surface area contributed by atoms with Crippen molar-refractivity contribution in [2.75, 3.05) is 19.6 Å². The van der Waals surface area contributed by atoms with E-state index in [2.05, 4.69) is 18.7 Å². The molecular formula is C14H31N. The predicted molar refractivity (Wildman–Crippen MR) is 70.3 cm³/mol. The molecule has 0 amide bonds. The first-order chi connectivity index (χ1) is 7.36. The molecule has 92 valence electrons. The van der Waals surface area contributed by atoms with Crippen LogP contribution in [0.2, 0.25) is 0 Å². The number of hydrogen-bond donors (Lipinski definition) is 0. The Morgan fingerprint density at radius 3 is 2.07 bits per heavy atom. The Labute approximate surface area is 97.2 Å². The van der Waals surface area contributed by atoms with E-state index in [1.54, 1.807) is 0 Å². The fourth-order valence-corrected chi connectivity index (χ4v) is 2.34. The van der Waals surface area contributed by atoms with Crippen LogP contribution < -0.4 is 0 Å². The molecule has 1 aliphatic heterocycles. The predicted octanol–water partition coefficient (Wildman–Crippen LogP) is 4.32. The van der Waals surface area contributed by atoms with E-state index in [9.17, 15) is 0 Å². The maximum Gasteiger partial charge on any atom is 0.000955 e. The quantitative estimate of drug-likeness (QED) is 0.657. The van der Waals surface area contributed by atoms with Gasteiger partial charge < -0.3 is 4.90 Å². The van der Waals surface area contributed by atoms with Crippen LogP contribution in [0.5, 0.6) is 0 Å². The van der Waals surface area contributed by atoms with Crippen LogP contribution >= 0.6 is 0 Å². The molecule has 0 aromatic heterocycles. The number of rotatable bonds is 5. The monoisotopic (exact) mass is 213 g/mol. The van der Waals surface area contributed by atoms with E-state index < -0.39 is 0 Å². The minimum Gasteiger partial charge on any atom is -0.303 e. The second-order valence-electron chi connectivity index (χ2n) is 4.42. The van der Waals surface area contributed by atoms with Gasteiger partial charge in [-0.05, 0) is 38.3 Å². The lowest BCUT2D eigenvalue weighted by molar-refractivity contribution is 0.188. The van der Waals surface area contributed by atoms with Gasteiger partial charge in [-0.2, -0.15) is 0 Å². The van der Waals surface area contributed by atoms with Crippen LogP contribution in [-0.4, -0.2) is 24.5 Å². The van der Waals surface area contributed by atoms with Gasteiger partial charge in [-0.3, -0.25) is 0 Å². The Kier molecular flexibility index (Phi) is 10.4. The Balaban J connectivity index is 0.000000921. The maximum absolute atomic E-state index is 2.67. The third-order valence-corrected chi connectivity index (χ3v) is 3.24. The van der Waals surface area contributed by atoms with E-state index in [0.29, 0.717) is 0 Å². The molecule has 1 nitrogen and oxygen atoms in total. The van der Waals surface area contributed by atoms with Gasteiger partial charge in [-0.15, -0.1) is 0 Å². The average molecular weight is 213 g/mol. The molecule has 1 fully saturated rings. The summed E-state index contributed by atoms with van der Waals surface area (Å²) in [6, 6.07) is 0. The topological polar surface area (TPSA) is 3.24 Å². The molecule has 0 bridgehead atoms. The first-order valence-corrected chi connectivity index (χ1v) is 7.09. The summed E-state index contributed by atoms with van der Waals surface area (Å²) in [4.78, 5) is 2.67. The molecule has 0 aromatic carbocycles. The van der Waals surface area contributed by atoms with Gasteiger partial charge in [0.25, 0.3) is 0 Å². The van der Waals surface area contributed by atoms with Crippen molar-refractivity contribution in [2.24, 2.45) is 5.92 Å². The van der Waals surface area contributed by atoms with Crippen molar-refractivity contribution in [1.29, 1.82) is 0 Å². The zero-order chi connectivity index (χ0) is 11.5. The summed E-state index contributed by atoms with van der Waals surface area (Å²) in [5.74, 6) is 0.961. The van der Waals surface area contributed by atoms with E-state index in [4.69, 9.17) is 0 Å². The van der Waals surface area contributed by atoms with Crippen LogP contribution in [0.4, 0.5) is 0 Å². The molecule has 0 spiro atoms. The van der Waals surface area contributed by atoms with E-state index in [1.807, 2.05) is 13.8 Å². The van der Waals surface area contributed by atoms with E-state index in [1.165, 1.54) is 58.2 Å². The van der Waals surface area contributed by atoms with Crippen molar-refractivity contribution in [3.63, 3.8) is 0 Å². The number of piperidine rings is 1. The van der Waals surface area contributed by atoms with Crippen molar-refractivity contribution in [1.82, 2.24) is 4.90 Å². The lowest BCUT2D eigenvalue weighted by atomic mass is 9.99. The maximum atomic E-state index is 2.67. The minimum absolute atomic E-state index is 0.961. The molecule has 0 N–H and O–H groups in total. The Hall–Kier alpha value is -0.0400. The number of nitrogens with zero attached hydrogens (tertiary/aromatic N) is 1. The zero-order valence-corrected chi connectivity index (χ0v) is 11.4. The highest BCUT2D eigenvalue weighted by atomic mass is 15.1. The molecule has 1 rings (SSSR count). The summed E-state index contributed by atoms with van der Waals surface area (Å²) in [7, 11) is 0. The van der Waals surface area contributed by atoms with Gasteiger partial charge >= 0.3 is 0 Å². The molecular weight excluding hydrogens is 182 g/mol. The smallest absolute Gasteiger partial charge is 0.000955 e. The average Bonchev–Trinajstić information content (AvgIpc) is 2.32. The third-order valence-electron chi connectivity index (χ3n) is 3.24. The second-order valence-corrected chi connectivity index (χ2v) is 4.42. The van der Waals surface area contributed by atoms with Crippen LogP contribution in [0.15, 0.2) is 0 Å². The molecule has 0 aliphatic carbocycles. The van der Waals surface area contributed by atoms with Crippen LogP contribution in [-0.2, 0) is 0 Å². The lowest BCUT2D eigenvalue weighted by Crippen LogP contribution is -2.34. The first kappa shape index (κ1) is 15.0. The fourth-order valence-electron chi connectivity index (χ4n) is 2.34. The third kappa shape index (κ3) is 6.94. The summed E-state index contributed by atoms with van der Waals surface area (Å²) >= 11 is 0. The molecule has 0 aromatic rings. The number of hydrogen-bond acceptors (Lipinski definition) is 1. The summed E-state index contributed by atoms with van der Waals surface area (Å²) in [6.45, 7) is 12.7. The molecule has 15 heavy (non-hydrogen) atoms. The van der Waals surface area contributed by atoms with Gasteiger partial charge in [0.05, 0.1) is 0 Å². The summed E-state index contributed by atoms with van der Waals surface area (Å²) < 4.78 is 0. The van der Waals surface area contributed by atoms with E-state index in [0.717, 1.165) is 5.92 Å². The van der Waals surface area contributed by atoms with Crippen molar-refractivity contribution in [3.8, 4) is 0 Å². The van der Waals surface area contributed by atoms with Crippen LogP contribution in [0.3, 0.4) is 0 Å². The van der Waals surface area contributed by atoms with Crippen molar-refractivity contribution in [2.45, 2.75) is 66.2 Å².